The third-order valence-electron chi connectivity index (χ3n) is 4.96. The van der Waals surface area contributed by atoms with E-state index < -0.39 is 5.82 Å². The van der Waals surface area contributed by atoms with E-state index in [4.69, 9.17) is 0 Å². The molecule has 0 unspecified atom stereocenters. The average molecular weight is 310 g/mol. The molecule has 4 rings (SSSR count). The summed E-state index contributed by atoms with van der Waals surface area (Å²) in [5.74, 6) is -0.140. The molecule has 2 heterocycles. The van der Waals surface area contributed by atoms with Crippen LogP contribution in [0.5, 0.6) is 0 Å². The zero-order valence-corrected chi connectivity index (χ0v) is 12.8. The summed E-state index contributed by atoms with van der Waals surface area (Å²) in [6.45, 7) is 3.30. The van der Waals surface area contributed by atoms with Crippen molar-refractivity contribution in [3.63, 3.8) is 0 Å². The van der Waals surface area contributed by atoms with Crippen molar-refractivity contribution in [3.8, 4) is 0 Å². The predicted molar refractivity (Wildman–Crippen MR) is 86.7 cm³/mol. The van der Waals surface area contributed by atoms with Crippen molar-refractivity contribution in [2.75, 3.05) is 19.6 Å². The van der Waals surface area contributed by atoms with E-state index in [1.165, 1.54) is 11.6 Å². The van der Waals surface area contributed by atoms with Crippen LogP contribution >= 0.6 is 0 Å². The van der Waals surface area contributed by atoms with E-state index in [2.05, 4.69) is 22.3 Å². The summed E-state index contributed by atoms with van der Waals surface area (Å²) in [6, 6.07) is 15.4. The van der Waals surface area contributed by atoms with Crippen molar-refractivity contribution in [1.29, 1.82) is 0 Å². The number of hydrogen-bond acceptors (Lipinski definition) is 2. The number of nitrogens with one attached hydrogen (secondary N) is 1. The molecule has 23 heavy (non-hydrogen) atoms. The van der Waals surface area contributed by atoms with Gasteiger partial charge in [-0.15, -0.1) is 0 Å². The Morgan fingerprint density at radius 1 is 1.09 bits per heavy atom. The fraction of sp³-hybridized carbons (Fsp3) is 0.316. The molecule has 0 saturated carbocycles. The van der Waals surface area contributed by atoms with E-state index in [9.17, 15) is 9.18 Å². The SMILES string of the molecule is O=C1NC[C@@H]2CN(Cc3ccccc3)C[C@@H]2c2cccc(F)c21. The van der Waals surface area contributed by atoms with Gasteiger partial charge in [0.1, 0.15) is 5.82 Å². The number of carbonyl (C=O) groups is 1. The van der Waals surface area contributed by atoms with Crippen molar-refractivity contribution < 1.29 is 9.18 Å². The summed E-state index contributed by atoms with van der Waals surface area (Å²) in [4.78, 5) is 14.6. The zero-order chi connectivity index (χ0) is 15.8. The van der Waals surface area contributed by atoms with Gasteiger partial charge in [-0.05, 0) is 23.1 Å². The van der Waals surface area contributed by atoms with E-state index in [1.807, 2.05) is 24.3 Å². The Kier molecular flexibility index (Phi) is 3.62. The molecule has 1 amide bonds. The molecule has 2 aliphatic heterocycles. The second kappa shape index (κ2) is 5.78. The molecule has 2 aromatic carbocycles. The number of rotatable bonds is 2. The highest BCUT2D eigenvalue weighted by molar-refractivity contribution is 5.96. The van der Waals surface area contributed by atoms with Crippen LogP contribution in [0.1, 0.15) is 27.4 Å². The normalized spacial score (nSPS) is 23.8. The number of fused-ring (bicyclic) bond motifs is 3. The van der Waals surface area contributed by atoms with Crippen LogP contribution in [0.2, 0.25) is 0 Å². The number of amides is 1. The lowest BCUT2D eigenvalue weighted by Crippen LogP contribution is -2.30. The van der Waals surface area contributed by atoms with Gasteiger partial charge in [0.2, 0.25) is 0 Å². The topological polar surface area (TPSA) is 32.3 Å². The molecule has 0 radical (unpaired) electrons. The molecule has 0 spiro atoms. The third-order valence-corrected chi connectivity index (χ3v) is 4.96. The molecule has 1 N–H and O–H groups in total. The molecule has 4 heteroatoms. The summed E-state index contributed by atoms with van der Waals surface area (Å²) in [7, 11) is 0. The van der Waals surface area contributed by atoms with Gasteiger partial charge in [-0.2, -0.15) is 0 Å². The minimum atomic E-state index is -0.415. The number of likely N-dealkylation sites (tertiary alicyclic amines) is 1. The number of halogens is 1. The summed E-state index contributed by atoms with van der Waals surface area (Å²) < 4.78 is 14.1. The average Bonchev–Trinajstić information content (AvgIpc) is 2.90. The monoisotopic (exact) mass is 310 g/mol. The number of carbonyl (C=O) groups excluding carboxylic acids is 1. The fourth-order valence-electron chi connectivity index (χ4n) is 3.89. The maximum absolute atomic E-state index is 14.1. The van der Waals surface area contributed by atoms with E-state index in [0.29, 0.717) is 12.5 Å². The molecule has 2 atom stereocenters. The van der Waals surface area contributed by atoms with Crippen LogP contribution in [0, 0.1) is 11.7 Å². The highest BCUT2D eigenvalue weighted by Gasteiger charge is 2.38. The number of benzene rings is 2. The van der Waals surface area contributed by atoms with Crippen LogP contribution < -0.4 is 5.32 Å². The summed E-state index contributed by atoms with van der Waals surface area (Å²) in [6.07, 6.45) is 0. The van der Waals surface area contributed by atoms with Gasteiger partial charge in [0, 0.05) is 32.1 Å². The molecule has 2 aliphatic rings. The van der Waals surface area contributed by atoms with Gasteiger partial charge in [0.05, 0.1) is 5.56 Å². The van der Waals surface area contributed by atoms with Crippen LogP contribution in [-0.4, -0.2) is 30.4 Å². The second-order valence-corrected chi connectivity index (χ2v) is 6.46. The van der Waals surface area contributed by atoms with Gasteiger partial charge in [-0.3, -0.25) is 9.69 Å². The van der Waals surface area contributed by atoms with Gasteiger partial charge in [0.25, 0.3) is 5.91 Å². The third kappa shape index (κ3) is 2.63. The zero-order valence-electron chi connectivity index (χ0n) is 12.8. The molecule has 3 nitrogen and oxygen atoms in total. The van der Waals surface area contributed by atoms with E-state index in [0.717, 1.165) is 25.2 Å². The molecular formula is C19H19FN2O. The first kappa shape index (κ1) is 14.4. The molecule has 0 aromatic heterocycles. The first-order valence-corrected chi connectivity index (χ1v) is 8.05. The molecule has 1 fully saturated rings. The smallest absolute Gasteiger partial charge is 0.254 e. The van der Waals surface area contributed by atoms with Crippen molar-refractivity contribution in [3.05, 3.63) is 71.0 Å². The Labute approximate surface area is 135 Å². The van der Waals surface area contributed by atoms with Crippen LogP contribution in [0.4, 0.5) is 4.39 Å². The van der Waals surface area contributed by atoms with Crippen molar-refractivity contribution in [2.45, 2.75) is 12.5 Å². The van der Waals surface area contributed by atoms with E-state index in [1.54, 1.807) is 6.07 Å². The fourth-order valence-corrected chi connectivity index (χ4v) is 3.89. The molecule has 1 saturated heterocycles. The highest BCUT2D eigenvalue weighted by Crippen LogP contribution is 2.37. The molecular weight excluding hydrogens is 291 g/mol. The first-order chi connectivity index (χ1) is 11.2. The van der Waals surface area contributed by atoms with E-state index >= 15 is 0 Å². The summed E-state index contributed by atoms with van der Waals surface area (Å²) in [5, 5.41) is 2.89. The summed E-state index contributed by atoms with van der Waals surface area (Å²) in [5.41, 5.74) is 2.38. The number of hydrogen-bond donors (Lipinski definition) is 1. The van der Waals surface area contributed by atoms with Gasteiger partial charge >= 0.3 is 0 Å². The Hall–Kier alpha value is -2.20. The molecule has 0 bridgehead atoms. The minimum Gasteiger partial charge on any atom is -0.352 e. The second-order valence-electron chi connectivity index (χ2n) is 6.46. The molecule has 0 aliphatic carbocycles. The predicted octanol–water partition coefficient (Wildman–Crippen LogP) is 2.78. The lowest BCUT2D eigenvalue weighted by atomic mass is 9.87. The van der Waals surface area contributed by atoms with Crippen molar-refractivity contribution in [2.24, 2.45) is 5.92 Å². The standard InChI is InChI=1S/C19H19FN2O/c20-17-8-4-7-15-16-12-22(10-13-5-2-1-3-6-13)11-14(16)9-21-19(23)18(15)17/h1-8,14,16H,9-12H2,(H,21,23)/t14-,16+/m1/s1. The van der Waals surface area contributed by atoms with Crippen LogP contribution in [0.15, 0.2) is 48.5 Å². The number of nitrogens with zero attached hydrogens (tertiary/aromatic N) is 1. The minimum absolute atomic E-state index is 0.211. The molecule has 2 aromatic rings. The largest absolute Gasteiger partial charge is 0.352 e. The Balaban J connectivity index is 1.62. The van der Waals surface area contributed by atoms with E-state index in [-0.39, 0.29) is 17.4 Å². The van der Waals surface area contributed by atoms with Crippen molar-refractivity contribution in [1.82, 2.24) is 10.2 Å². The Bertz CT molecular complexity index is 731. The van der Waals surface area contributed by atoms with Gasteiger partial charge in [0.15, 0.2) is 0 Å². The Morgan fingerprint density at radius 2 is 1.91 bits per heavy atom. The van der Waals surface area contributed by atoms with Crippen LogP contribution in [-0.2, 0) is 6.54 Å². The van der Waals surface area contributed by atoms with Gasteiger partial charge in [-0.25, -0.2) is 4.39 Å². The lowest BCUT2D eigenvalue weighted by molar-refractivity contribution is 0.0947. The quantitative estimate of drug-likeness (QED) is 0.925. The highest BCUT2D eigenvalue weighted by atomic mass is 19.1. The Morgan fingerprint density at radius 3 is 2.74 bits per heavy atom. The first-order valence-electron chi connectivity index (χ1n) is 8.05. The van der Waals surface area contributed by atoms with Gasteiger partial charge in [-0.1, -0.05) is 42.5 Å². The van der Waals surface area contributed by atoms with Crippen molar-refractivity contribution >= 4 is 5.91 Å². The van der Waals surface area contributed by atoms with Gasteiger partial charge < -0.3 is 5.32 Å². The lowest BCUT2D eigenvalue weighted by Gasteiger charge is -2.17. The van der Waals surface area contributed by atoms with Crippen LogP contribution in [0.3, 0.4) is 0 Å². The summed E-state index contributed by atoms with van der Waals surface area (Å²) >= 11 is 0. The molecule has 118 valence electrons. The maximum atomic E-state index is 14.1. The van der Waals surface area contributed by atoms with Crippen LogP contribution in [0.25, 0.3) is 0 Å². The maximum Gasteiger partial charge on any atom is 0.254 e.